The van der Waals surface area contributed by atoms with Gasteiger partial charge in [0.05, 0.1) is 16.4 Å². The van der Waals surface area contributed by atoms with Gasteiger partial charge in [0.25, 0.3) is 0 Å². The van der Waals surface area contributed by atoms with Crippen molar-refractivity contribution >= 4 is 23.4 Å². The van der Waals surface area contributed by atoms with E-state index in [4.69, 9.17) is 22.1 Å². The molecule has 112 valence electrons. The average molecular weight is 308 g/mol. The van der Waals surface area contributed by atoms with Crippen LogP contribution in [-0.4, -0.2) is 21.5 Å². The first-order chi connectivity index (χ1) is 9.70. The number of hydrogen-bond donors (Lipinski definition) is 1. The van der Waals surface area contributed by atoms with Crippen molar-refractivity contribution in [1.82, 2.24) is 9.78 Å². The van der Waals surface area contributed by atoms with Gasteiger partial charge in [-0.15, -0.1) is 0 Å². The molecule has 0 radical (unpaired) electrons. The highest BCUT2D eigenvalue weighted by Crippen LogP contribution is 2.32. The van der Waals surface area contributed by atoms with Gasteiger partial charge in [-0.1, -0.05) is 29.8 Å². The number of anilines is 1. The first kappa shape index (κ1) is 15.4. The molecule has 0 unspecified atom stereocenters. The minimum Gasteiger partial charge on any atom is -0.442 e. The maximum Gasteiger partial charge on any atom is 0.435 e. The highest BCUT2D eigenvalue weighted by atomic mass is 35.5. The van der Waals surface area contributed by atoms with Crippen molar-refractivity contribution in [3.8, 4) is 11.3 Å². The molecule has 2 aromatic rings. The zero-order chi connectivity index (χ0) is 15.8. The van der Waals surface area contributed by atoms with Crippen molar-refractivity contribution in [3.63, 3.8) is 0 Å². The molecule has 6 heteroatoms. The van der Waals surface area contributed by atoms with Crippen molar-refractivity contribution in [3.05, 3.63) is 35.0 Å². The Morgan fingerprint density at radius 3 is 2.52 bits per heavy atom. The molecule has 0 atom stereocenters. The van der Waals surface area contributed by atoms with Gasteiger partial charge in [0.15, 0.2) is 0 Å². The molecule has 0 saturated carbocycles. The number of carbonyl (C=O) groups is 1. The molecule has 1 heterocycles. The van der Waals surface area contributed by atoms with Crippen LogP contribution in [0.25, 0.3) is 11.3 Å². The predicted octanol–water partition coefficient (Wildman–Crippen LogP) is 3.88. The monoisotopic (exact) mass is 307 g/mol. The fourth-order valence-electron chi connectivity index (χ4n) is 1.85. The molecule has 0 spiro atoms. The fourth-order valence-corrected chi connectivity index (χ4v) is 2.07. The van der Waals surface area contributed by atoms with E-state index in [1.54, 1.807) is 39.8 Å². The summed E-state index contributed by atoms with van der Waals surface area (Å²) in [4.78, 5) is 12.2. The Balaban J connectivity index is 2.47. The minimum atomic E-state index is -0.602. The molecule has 5 nitrogen and oxygen atoms in total. The second-order valence-corrected chi connectivity index (χ2v) is 6.13. The van der Waals surface area contributed by atoms with Gasteiger partial charge in [-0.05, 0) is 33.8 Å². The van der Waals surface area contributed by atoms with E-state index in [-0.39, 0.29) is 0 Å². The number of nitrogens with zero attached hydrogens (tertiary/aromatic N) is 2. The normalized spacial score (nSPS) is 11.5. The molecule has 0 amide bonds. The third kappa shape index (κ3) is 3.19. The molecule has 2 rings (SSSR count). The second kappa shape index (κ2) is 5.41. The van der Waals surface area contributed by atoms with Crippen LogP contribution in [0.3, 0.4) is 0 Å². The zero-order valence-corrected chi connectivity index (χ0v) is 13.2. The summed E-state index contributed by atoms with van der Waals surface area (Å²) in [5, 5.41) is 4.78. The van der Waals surface area contributed by atoms with Crippen molar-refractivity contribution < 1.29 is 9.53 Å². The molecule has 2 N–H and O–H groups in total. The van der Waals surface area contributed by atoms with Gasteiger partial charge in [-0.2, -0.15) is 9.78 Å². The van der Waals surface area contributed by atoms with Gasteiger partial charge in [0, 0.05) is 5.56 Å². The first-order valence-electron chi connectivity index (χ1n) is 6.54. The van der Waals surface area contributed by atoms with Crippen LogP contribution in [0.4, 0.5) is 10.5 Å². The van der Waals surface area contributed by atoms with Gasteiger partial charge in [-0.3, -0.25) is 0 Å². The van der Waals surface area contributed by atoms with E-state index in [1.807, 2.05) is 12.1 Å². The molecular formula is C15H18ClN3O2. The van der Waals surface area contributed by atoms with Crippen LogP contribution in [0, 0.1) is 6.92 Å². The highest BCUT2D eigenvalue weighted by Gasteiger charge is 2.23. The Hall–Kier alpha value is -2.01. The number of benzene rings is 1. The number of hydrogen-bond acceptors (Lipinski definition) is 4. The van der Waals surface area contributed by atoms with E-state index in [0.717, 1.165) is 0 Å². The lowest BCUT2D eigenvalue weighted by atomic mass is 10.1. The van der Waals surface area contributed by atoms with Crippen molar-refractivity contribution in [2.75, 3.05) is 5.73 Å². The van der Waals surface area contributed by atoms with Crippen LogP contribution in [0.15, 0.2) is 24.3 Å². The largest absolute Gasteiger partial charge is 0.442 e. The standard InChI is InChI=1S/C15H18ClN3O2/c1-9-12(17)13(10-7-5-6-8-11(10)16)18-19(9)14(20)21-15(2,3)4/h5-8H,17H2,1-4H3. The highest BCUT2D eigenvalue weighted by molar-refractivity contribution is 6.33. The maximum atomic E-state index is 12.2. The molecule has 21 heavy (non-hydrogen) atoms. The second-order valence-electron chi connectivity index (χ2n) is 5.72. The number of aromatic nitrogens is 2. The topological polar surface area (TPSA) is 70.1 Å². The van der Waals surface area contributed by atoms with E-state index in [9.17, 15) is 4.79 Å². The Labute approximate surface area is 128 Å². The summed E-state index contributed by atoms with van der Waals surface area (Å²) < 4.78 is 6.48. The van der Waals surface area contributed by atoms with Crippen LogP contribution in [0.2, 0.25) is 5.02 Å². The lowest BCUT2D eigenvalue weighted by Gasteiger charge is -2.19. The molecule has 0 aliphatic rings. The summed E-state index contributed by atoms with van der Waals surface area (Å²) in [5.41, 5.74) is 7.55. The van der Waals surface area contributed by atoms with Gasteiger partial charge in [0.2, 0.25) is 0 Å². The zero-order valence-electron chi connectivity index (χ0n) is 12.5. The molecule has 0 bridgehead atoms. The Morgan fingerprint density at radius 1 is 1.33 bits per heavy atom. The maximum absolute atomic E-state index is 12.2. The number of nitrogen functional groups attached to an aromatic ring is 1. The van der Waals surface area contributed by atoms with Crippen LogP contribution in [0.5, 0.6) is 0 Å². The van der Waals surface area contributed by atoms with Gasteiger partial charge in [0.1, 0.15) is 11.3 Å². The Morgan fingerprint density at radius 2 is 1.95 bits per heavy atom. The van der Waals surface area contributed by atoms with E-state index in [1.165, 1.54) is 4.68 Å². The summed E-state index contributed by atoms with van der Waals surface area (Å²) in [5.74, 6) is 0. The molecule has 0 aliphatic carbocycles. The molecule has 0 aliphatic heterocycles. The molecule has 0 saturated heterocycles. The summed E-state index contributed by atoms with van der Waals surface area (Å²) in [7, 11) is 0. The van der Waals surface area contributed by atoms with E-state index in [2.05, 4.69) is 5.10 Å². The van der Waals surface area contributed by atoms with Gasteiger partial charge >= 0.3 is 6.09 Å². The predicted molar refractivity (Wildman–Crippen MR) is 83.5 cm³/mol. The molecule has 1 aromatic carbocycles. The third-order valence-electron chi connectivity index (χ3n) is 2.86. The molecular weight excluding hydrogens is 290 g/mol. The molecule has 0 fully saturated rings. The SMILES string of the molecule is Cc1c(N)c(-c2ccccc2Cl)nn1C(=O)OC(C)(C)C. The number of ether oxygens (including phenoxy) is 1. The lowest BCUT2D eigenvalue weighted by Crippen LogP contribution is -2.28. The first-order valence-corrected chi connectivity index (χ1v) is 6.92. The molecule has 1 aromatic heterocycles. The van der Waals surface area contributed by atoms with Crippen molar-refractivity contribution in [2.45, 2.75) is 33.3 Å². The third-order valence-corrected chi connectivity index (χ3v) is 3.19. The quantitative estimate of drug-likeness (QED) is 0.868. The summed E-state index contributed by atoms with van der Waals surface area (Å²) in [6.07, 6.45) is -0.565. The van der Waals surface area contributed by atoms with Gasteiger partial charge in [-0.25, -0.2) is 4.79 Å². The number of rotatable bonds is 1. The Kier molecular flexibility index (Phi) is 3.96. The van der Waals surface area contributed by atoms with Gasteiger partial charge < -0.3 is 10.5 Å². The van der Waals surface area contributed by atoms with E-state index in [0.29, 0.717) is 27.7 Å². The van der Waals surface area contributed by atoms with E-state index >= 15 is 0 Å². The van der Waals surface area contributed by atoms with Crippen LogP contribution >= 0.6 is 11.6 Å². The van der Waals surface area contributed by atoms with Crippen LogP contribution in [0.1, 0.15) is 26.5 Å². The summed E-state index contributed by atoms with van der Waals surface area (Å²) in [6.45, 7) is 7.10. The number of carbonyl (C=O) groups excluding carboxylic acids is 1. The smallest absolute Gasteiger partial charge is 0.435 e. The average Bonchev–Trinajstić information content (AvgIpc) is 2.65. The van der Waals surface area contributed by atoms with Crippen molar-refractivity contribution in [2.24, 2.45) is 0 Å². The van der Waals surface area contributed by atoms with E-state index < -0.39 is 11.7 Å². The number of halogens is 1. The van der Waals surface area contributed by atoms with Crippen LogP contribution in [-0.2, 0) is 4.74 Å². The fraction of sp³-hybridized carbons (Fsp3) is 0.333. The minimum absolute atomic E-state index is 0.411. The van der Waals surface area contributed by atoms with Crippen LogP contribution < -0.4 is 5.73 Å². The Bertz CT molecular complexity index is 687. The lowest BCUT2D eigenvalue weighted by molar-refractivity contribution is 0.0511. The van der Waals surface area contributed by atoms with Crippen molar-refractivity contribution in [1.29, 1.82) is 0 Å². The summed E-state index contributed by atoms with van der Waals surface area (Å²) in [6, 6.07) is 7.21. The summed E-state index contributed by atoms with van der Waals surface area (Å²) >= 11 is 6.16. The number of nitrogens with two attached hydrogens (primary N) is 1.